The molecular weight excluding hydrogens is 254 g/mol. The van der Waals surface area contributed by atoms with Crippen molar-refractivity contribution in [3.8, 4) is 0 Å². The number of hydrogen-bond donors (Lipinski definition) is 2. The molecule has 0 unspecified atom stereocenters. The standard InChI is InChI=1S/C16H19NO3/c18-14-5-12(4-13(17-14)15(19)20)16-6-9-1-10(7-16)3-11(2-9)8-16/h4-5,9-11H,1-3,6-8H2,(H,17,18)(H,19,20). The van der Waals surface area contributed by atoms with Gasteiger partial charge in [0.15, 0.2) is 0 Å². The number of H-pyrrole nitrogens is 1. The molecule has 4 bridgehead atoms. The summed E-state index contributed by atoms with van der Waals surface area (Å²) >= 11 is 0. The van der Waals surface area contributed by atoms with E-state index >= 15 is 0 Å². The Bertz CT molecular complexity index is 596. The van der Waals surface area contributed by atoms with E-state index in [0.717, 1.165) is 42.6 Å². The molecule has 0 radical (unpaired) electrons. The van der Waals surface area contributed by atoms with Crippen molar-refractivity contribution in [3.05, 3.63) is 33.7 Å². The van der Waals surface area contributed by atoms with Gasteiger partial charge in [-0.15, -0.1) is 0 Å². The molecule has 0 aromatic carbocycles. The molecule has 4 aliphatic carbocycles. The van der Waals surface area contributed by atoms with E-state index in [0.29, 0.717) is 0 Å². The van der Waals surface area contributed by atoms with Crippen LogP contribution < -0.4 is 5.56 Å². The Labute approximate surface area is 117 Å². The SMILES string of the molecule is O=C(O)c1cc(C23CC4CC(CC(C4)C2)C3)cc(=O)[nH]1. The number of aromatic carboxylic acids is 1. The summed E-state index contributed by atoms with van der Waals surface area (Å²) in [6.45, 7) is 0. The summed E-state index contributed by atoms with van der Waals surface area (Å²) in [6, 6.07) is 3.34. The van der Waals surface area contributed by atoms with E-state index < -0.39 is 5.97 Å². The molecular formula is C16H19NO3. The van der Waals surface area contributed by atoms with Gasteiger partial charge in [-0.3, -0.25) is 4.79 Å². The van der Waals surface area contributed by atoms with Gasteiger partial charge in [-0.2, -0.15) is 0 Å². The number of pyridine rings is 1. The first kappa shape index (κ1) is 12.2. The lowest BCUT2D eigenvalue weighted by molar-refractivity contribution is -0.00530. The van der Waals surface area contributed by atoms with Crippen molar-refractivity contribution in [1.29, 1.82) is 0 Å². The van der Waals surface area contributed by atoms with Crippen LogP contribution in [0.25, 0.3) is 0 Å². The van der Waals surface area contributed by atoms with Crippen LogP contribution in [0.5, 0.6) is 0 Å². The minimum atomic E-state index is -1.05. The van der Waals surface area contributed by atoms with E-state index in [1.165, 1.54) is 19.3 Å². The van der Waals surface area contributed by atoms with E-state index in [1.807, 2.05) is 0 Å². The lowest BCUT2D eigenvalue weighted by Crippen LogP contribution is -2.48. The molecule has 0 saturated heterocycles. The number of carboxylic acid groups (broad SMARTS) is 1. The molecule has 4 heteroatoms. The van der Waals surface area contributed by atoms with Crippen LogP contribution >= 0.6 is 0 Å². The fourth-order valence-corrected chi connectivity index (χ4v) is 5.43. The van der Waals surface area contributed by atoms with Gasteiger partial charge < -0.3 is 10.1 Å². The fourth-order valence-electron chi connectivity index (χ4n) is 5.43. The summed E-state index contributed by atoms with van der Waals surface area (Å²) in [4.78, 5) is 25.4. The molecule has 2 N–H and O–H groups in total. The zero-order valence-corrected chi connectivity index (χ0v) is 11.4. The summed E-state index contributed by atoms with van der Waals surface area (Å²) in [5.74, 6) is 1.31. The van der Waals surface area contributed by atoms with E-state index in [4.69, 9.17) is 5.11 Å². The Hall–Kier alpha value is -1.58. The lowest BCUT2D eigenvalue weighted by Gasteiger charge is -2.57. The number of aromatic amines is 1. The highest BCUT2D eigenvalue weighted by Gasteiger charge is 2.51. The van der Waals surface area contributed by atoms with E-state index in [-0.39, 0.29) is 16.7 Å². The topological polar surface area (TPSA) is 70.2 Å². The smallest absolute Gasteiger partial charge is 0.352 e. The molecule has 106 valence electrons. The number of aromatic nitrogens is 1. The van der Waals surface area contributed by atoms with Crippen LogP contribution in [0, 0.1) is 17.8 Å². The molecule has 1 aromatic heterocycles. The highest BCUT2D eigenvalue weighted by molar-refractivity contribution is 5.85. The maximum atomic E-state index is 11.8. The number of nitrogens with one attached hydrogen (secondary N) is 1. The largest absolute Gasteiger partial charge is 0.477 e. The van der Waals surface area contributed by atoms with Crippen LogP contribution in [0.1, 0.15) is 54.6 Å². The molecule has 20 heavy (non-hydrogen) atoms. The van der Waals surface area contributed by atoms with E-state index in [2.05, 4.69) is 4.98 Å². The Morgan fingerprint density at radius 3 is 2.15 bits per heavy atom. The molecule has 1 aromatic rings. The summed E-state index contributed by atoms with van der Waals surface area (Å²) in [6.07, 6.45) is 7.45. The Balaban J connectivity index is 1.80. The molecule has 1 heterocycles. The maximum Gasteiger partial charge on any atom is 0.352 e. The highest BCUT2D eigenvalue weighted by atomic mass is 16.4. The predicted octanol–water partition coefficient (Wildman–Crippen LogP) is 2.54. The molecule has 5 rings (SSSR count). The minimum absolute atomic E-state index is 0.0308. The van der Waals surface area contributed by atoms with Crippen molar-refractivity contribution >= 4 is 5.97 Å². The molecule has 0 spiro atoms. The number of hydrogen-bond acceptors (Lipinski definition) is 2. The molecule has 0 aliphatic heterocycles. The molecule has 4 aliphatic rings. The van der Waals surface area contributed by atoms with Gasteiger partial charge in [0.05, 0.1) is 0 Å². The minimum Gasteiger partial charge on any atom is -0.477 e. The van der Waals surface area contributed by atoms with Crippen LogP contribution in [0.15, 0.2) is 16.9 Å². The van der Waals surface area contributed by atoms with Gasteiger partial charge in [0.1, 0.15) is 5.69 Å². The van der Waals surface area contributed by atoms with Crippen molar-refractivity contribution in [2.75, 3.05) is 0 Å². The molecule has 0 atom stereocenters. The van der Waals surface area contributed by atoms with E-state index in [9.17, 15) is 9.59 Å². The zero-order chi connectivity index (χ0) is 13.9. The normalized spacial score (nSPS) is 38.1. The van der Waals surface area contributed by atoms with Gasteiger partial charge in [0.25, 0.3) is 0 Å². The first-order chi connectivity index (χ1) is 9.54. The summed E-state index contributed by atoms with van der Waals surface area (Å²) in [5.41, 5.74) is 0.796. The Kier molecular flexibility index (Phi) is 2.41. The summed E-state index contributed by atoms with van der Waals surface area (Å²) < 4.78 is 0. The van der Waals surface area contributed by atoms with Crippen molar-refractivity contribution < 1.29 is 9.90 Å². The first-order valence-corrected chi connectivity index (χ1v) is 7.52. The van der Waals surface area contributed by atoms with Crippen LogP contribution in [-0.4, -0.2) is 16.1 Å². The van der Waals surface area contributed by atoms with E-state index in [1.54, 1.807) is 12.1 Å². The number of carbonyl (C=O) groups is 1. The van der Waals surface area contributed by atoms with Crippen molar-refractivity contribution in [2.24, 2.45) is 17.8 Å². The van der Waals surface area contributed by atoms with Crippen LogP contribution in [-0.2, 0) is 5.41 Å². The fraction of sp³-hybridized carbons (Fsp3) is 0.625. The highest BCUT2D eigenvalue weighted by Crippen LogP contribution is 2.60. The average molecular weight is 273 g/mol. The second kappa shape index (κ2) is 3.96. The van der Waals surface area contributed by atoms with Gasteiger partial charge in [0.2, 0.25) is 5.56 Å². The summed E-state index contributed by atoms with van der Waals surface area (Å²) in [7, 11) is 0. The number of carboxylic acids is 1. The van der Waals surface area contributed by atoms with Gasteiger partial charge >= 0.3 is 5.97 Å². The monoisotopic (exact) mass is 273 g/mol. The quantitative estimate of drug-likeness (QED) is 0.870. The van der Waals surface area contributed by atoms with Crippen molar-refractivity contribution in [2.45, 2.75) is 43.9 Å². The van der Waals surface area contributed by atoms with Crippen molar-refractivity contribution in [3.63, 3.8) is 0 Å². The van der Waals surface area contributed by atoms with Crippen molar-refractivity contribution in [1.82, 2.24) is 4.98 Å². The third-order valence-corrected chi connectivity index (χ3v) is 5.73. The summed E-state index contributed by atoms with van der Waals surface area (Å²) in [5, 5.41) is 9.15. The first-order valence-electron chi connectivity index (χ1n) is 7.52. The molecule has 4 nitrogen and oxygen atoms in total. The van der Waals surface area contributed by atoms with Gasteiger partial charge in [0, 0.05) is 6.07 Å². The van der Waals surface area contributed by atoms with Crippen LogP contribution in [0.3, 0.4) is 0 Å². The van der Waals surface area contributed by atoms with Gasteiger partial charge in [-0.05, 0) is 73.3 Å². The average Bonchev–Trinajstić information content (AvgIpc) is 2.36. The molecule has 0 amide bonds. The van der Waals surface area contributed by atoms with Crippen LogP contribution in [0.4, 0.5) is 0 Å². The van der Waals surface area contributed by atoms with Gasteiger partial charge in [-0.25, -0.2) is 4.79 Å². The Morgan fingerprint density at radius 2 is 1.65 bits per heavy atom. The molecule has 4 saturated carbocycles. The maximum absolute atomic E-state index is 11.8. The number of rotatable bonds is 2. The van der Waals surface area contributed by atoms with Gasteiger partial charge in [-0.1, -0.05) is 0 Å². The third-order valence-electron chi connectivity index (χ3n) is 5.73. The predicted molar refractivity (Wildman–Crippen MR) is 73.9 cm³/mol. The Morgan fingerprint density at radius 1 is 1.10 bits per heavy atom. The second-order valence-electron chi connectivity index (χ2n) is 7.15. The lowest BCUT2D eigenvalue weighted by atomic mass is 9.48. The second-order valence-corrected chi connectivity index (χ2v) is 7.15. The molecule has 4 fully saturated rings. The zero-order valence-electron chi connectivity index (χ0n) is 11.4. The van der Waals surface area contributed by atoms with Crippen LogP contribution in [0.2, 0.25) is 0 Å². The third kappa shape index (κ3) is 1.74.